The molecule has 0 aromatic heterocycles. The first kappa shape index (κ1) is 10.6. The third-order valence-electron chi connectivity index (χ3n) is 0.768. The van der Waals surface area contributed by atoms with Gasteiger partial charge in [-0.3, -0.25) is 5.04 Å². The van der Waals surface area contributed by atoms with E-state index in [1.165, 1.54) is 0 Å². The number of ether oxygens (including phenoxy) is 1. The SMILES string of the molecule is COC(=O)C(C)(F)SOO[O-]. The molecular formula is C4H6FO5S-. The minimum Gasteiger partial charge on any atom is -0.691 e. The van der Waals surface area contributed by atoms with Crippen LogP contribution in [0.25, 0.3) is 0 Å². The van der Waals surface area contributed by atoms with Crippen LogP contribution in [0, 0.1) is 0 Å². The van der Waals surface area contributed by atoms with E-state index in [1.807, 2.05) is 0 Å². The average molecular weight is 185 g/mol. The molecule has 0 amide bonds. The zero-order valence-corrected chi connectivity index (χ0v) is 6.64. The molecule has 0 aliphatic carbocycles. The van der Waals surface area contributed by atoms with Crippen molar-refractivity contribution in [1.82, 2.24) is 0 Å². The maximum Gasteiger partial charge on any atom is 0.356 e. The molecular weight excluding hydrogens is 179 g/mol. The van der Waals surface area contributed by atoms with Gasteiger partial charge in [-0.15, -0.1) is 0 Å². The molecule has 0 bridgehead atoms. The van der Waals surface area contributed by atoms with Crippen molar-refractivity contribution in [1.29, 1.82) is 0 Å². The fourth-order valence-electron chi connectivity index (χ4n) is 0.294. The largest absolute Gasteiger partial charge is 0.691 e. The Balaban J connectivity index is 3.88. The van der Waals surface area contributed by atoms with Gasteiger partial charge in [0.05, 0.1) is 19.2 Å². The molecule has 0 aromatic carbocycles. The van der Waals surface area contributed by atoms with Crippen LogP contribution in [0.4, 0.5) is 4.39 Å². The van der Waals surface area contributed by atoms with Crippen molar-refractivity contribution >= 4 is 18.0 Å². The van der Waals surface area contributed by atoms with Crippen molar-refractivity contribution in [3.05, 3.63) is 0 Å². The summed E-state index contributed by atoms with van der Waals surface area (Å²) < 4.78 is 20.5. The molecule has 11 heavy (non-hydrogen) atoms. The molecule has 0 radical (unpaired) electrons. The highest BCUT2D eigenvalue weighted by Gasteiger charge is 2.36. The normalized spacial score (nSPS) is 15.6. The molecule has 0 aromatic rings. The summed E-state index contributed by atoms with van der Waals surface area (Å²) in [5.74, 6) is -1.15. The summed E-state index contributed by atoms with van der Waals surface area (Å²) in [4.78, 5) is 10.5. The Kier molecular flexibility index (Phi) is 4.34. The van der Waals surface area contributed by atoms with Gasteiger partial charge in [0.25, 0.3) is 5.00 Å². The van der Waals surface area contributed by atoms with Gasteiger partial charge in [-0.05, 0) is 6.92 Å². The van der Waals surface area contributed by atoms with Crippen LogP contribution >= 0.6 is 12.0 Å². The number of rotatable bonds is 4. The number of carbonyl (C=O) groups excluding carboxylic acids is 1. The number of hydrogen-bond donors (Lipinski definition) is 0. The quantitative estimate of drug-likeness (QED) is 0.259. The Labute approximate surface area is 66.5 Å². The molecule has 7 heteroatoms. The van der Waals surface area contributed by atoms with E-state index in [9.17, 15) is 14.4 Å². The summed E-state index contributed by atoms with van der Waals surface area (Å²) in [6, 6.07) is 0. The Morgan fingerprint density at radius 2 is 2.27 bits per heavy atom. The van der Waals surface area contributed by atoms with Gasteiger partial charge in [0, 0.05) is 0 Å². The molecule has 0 fully saturated rings. The van der Waals surface area contributed by atoms with Crippen LogP contribution < -0.4 is 5.26 Å². The first-order valence-electron chi connectivity index (χ1n) is 2.46. The molecule has 1 atom stereocenters. The number of alkyl halides is 1. The van der Waals surface area contributed by atoms with Crippen LogP contribution in [0.2, 0.25) is 0 Å². The molecule has 0 N–H and O–H groups in total. The minimum absolute atomic E-state index is 0.0645. The van der Waals surface area contributed by atoms with E-state index in [0.717, 1.165) is 14.0 Å². The monoisotopic (exact) mass is 185 g/mol. The van der Waals surface area contributed by atoms with E-state index in [1.54, 1.807) is 0 Å². The van der Waals surface area contributed by atoms with Gasteiger partial charge in [-0.1, -0.05) is 0 Å². The summed E-state index contributed by atoms with van der Waals surface area (Å²) in [5, 5.41) is 9.63. The molecule has 0 spiro atoms. The number of halogens is 1. The van der Waals surface area contributed by atoms with E-state index in [-0.39, 0.29) is 12.0 Å². The first-order valence-corrected chi connectivity index (χ1v) is 3.20. The third-order valence-corrected chi connectivity index (χ3v) is 1.37. The van der Waals surface area contributed by atoms with Gasteiger partial charge >= 0.3 is 5.97 Å². The molecule has 1 unspecified atom stereocenters. The van der Waals surface area contributed by atoms with Gasteiger partial charge in [-0.25, -0.2) is 9.18 Å². The average Bonchev–Trinajstić information content (AvgIpc) is 1.99. The van der Waals surface area contributed by atoms with Crippen LogP contribution in [-0.2, 0) is 18.9 Å². The Bertz CT molecular complexity index is 138. The van der Waals surface area contributed by atoms with Crippen molar-refractivity contribution in [2.75, 3.05) is 7.11 Å². The predicted octanol–water partition coefficient (Wildman–Crippen LogP) is -0.283. The lowest BCUT2D eigenvalue weighted by atomic mass is 10.4. The summed E-state index contributed by atoms with van der Waals surface area (Å²) in [6.07, 6.45) is 0. The standard InChI is InChI=1S/C4H7FO5S/c1-4(5,3(6)8-2)11-10-9-7/h7H,1-2H3/p-1. The van der Waals surface area contributed by atoms with E-state index in [4.69, 9.17) is 0 Å². The second kappa shape index (κ2) is 4.50. The smallest absolute Gasteiger partial charge is 0.356 e. The van der Waals surface area contributed by atoms with Gasteiger partial charge in [0.1, 0.15) is 0 Å². The second-order valence-electron chi connectivity index (χ2n) is 1.63. The summed E-state index contributed by atoms with van der Waals surface area (Å²) in [7, 11) is 1.01. The molecule has 66 valence electrons. The Morgan fingerprint density at radius 3 is 2.64 bits per heavy atom. The summed E-state index contributed by atoms with van der Waals surface area (Å²) in [5.41, 5.74) is 0. The molecule has 0 heterocycles. The fraction of sp³-hybridized carbons (Fsp3) is 0.750. The van der Waals surface area contributed by atoms with E-state index in [0.29, 0.717) is 0 Å². The zero-order valence-electron chi connectivity index (χ0n) is 5.83. The maximum absolute atomic E-state index is 12.8. The molecule has 0 saturated heterocycles. The molecule has 0 rings (SSSR count). The summed E-state index contributed by atoms with van der Waals surface area (Å²) in [6.45, 7) is 0.878. The lowest BCUT2D eigenvalue weighted by Crippen LogP contribution is -2.28. The fourth-order valence-corrected chi connectivity index (χ4v) is 0.601. The van der Waals surface area contributed by atoms with Gasteiger partial charge < -0.3 is 9.99 Å². The van der Waals surface area contributed by atoms with E-state index >= 15 is 0 Å². The Hall–Kier alpha value is -0.370. The van der Waals surface area contributed by atoms with Crippen molar-refractivity contribution in [2.45, 2.75) is 11.9 Å². The van der Waals surface area contributed by atoms with Crippen molar-refractivity contribution in [2.24, 2.45) is 0 Å². The lowest BCUT2D eigenvalue weighted by Gasteiger charge is -2.15. The molecule has 0 aliphatic heterocycles. The van der Waals surface area contributed by atoms with Crippen LogP contribution in [0.5, 0.6) is 0 Å². The zero-order chi connectivity index (χ0) is 8.91. The lowest BCUT2D eigenvalue weighted by molar-refractivity contribution is -0.777. The first-order chi connectivity index (χ1) is 5.04. The van der Waals surface area contributed by atoms with Crippen LogP contribution in [0.1, 0.15) is 6.92 Å². The minimum atomic E-state index is -2.43. The van der Waals surface area contributed by atoms with Crippen molar-refractivity contribution in [3.8, 4) is 0 Å². The molecule has 0 aliphatic rings. The number of esters is 1. The maximum atomic E-state index is 12.8. The second-order valence-corrected chi connectivity index (χ2v) is 2.70. The van der Waals surface area contributed by atoms with E-state index in [2.05, 4.69) is 14.1 Å². The van der Waals surface area contributed by atoms with Crippen molar-refractivity contribution in [3.63, 3.8) is 0 Å². The molecule has 5 nitrogen and oxygen atoms in total. The summed E-state index contributed by atoms with van der Waals surface area (Å²) >= 11 is -0.0645. The third kappa shape index (κ3) is 3.51. The van der Waals surface area contributed by atoms with Crippen molar-refractivity contribution < 1.29 is 28.6 Å². The van der Waals surface area contributed by atoms with E-state index < -0.39 is 11.0 Å². The topological polar surface area (TPSA) is 67.8 Å². The van der Waals surface area contributed by atoms with Crippen LogP contribution in [0.3, 0.4) is 0 Å². The Morgan fingerprint density at radius 1 is 1.73 bits per heavy atom. The van der Waals surface area contributed by atoms with Crippen LogP contribution in [0.15, 0.2) is 0 Å². The van der Waals surface area contributed by atoms with Gasteiger partial charge in [0.2, 0.25) is 0 Å². The highest BCUT2D eigenvalue weighted by molar-refractivity contribution is 7.96. The number of methoxy groups -OCH3 is 1. The van der Waals surface area contributed by atoms with Gasteiger partial charge in [0.15, 0.2) is 0 Å². The molecule has 0 saturated carbocycles. The van der Waals surface area contributed by atoms with Gasteiger partial charge in [-0.2, -0.15) is 4.33 Å². The highest BCUT2D eigenvalue weighted by atomic mass is 32.2. The highest BCUT2D eigenvalue weighted by Crippen LogP contribution is 2.28. The number of hydrogen-bond acceptors (Lipinski definition) is 6. The predicted molar refractivity (Wildman–Crippen MR) is 31.3 cm³/mol. The van der Waals surface area contributed by atoms with Crippen LogP contribution in [-0.4, -0.2) is 18.1 Å². The number of carbonyl (C=O) groups is 1.